The Morgan fingerprint density at radius 1 is 0.750 bits per heavy atom. The summed E-state index contributed by atoms with van der Waals surface area (Å²) in [6, 6.07) is 0. The average molecular weight is 285 g/mol. The summed E-state index contributed by atoms with van der Waals surface area (Å²) in [5, 5.41) is 9.89. The quantitative estimate of drug-likeness (QED) is 0.342. The number of hydrazine groups is 1. The summed E-state index contributed by atoms with van der Waals surface area (Å²) in [4.78, 5) is 11.0. The second-order valence-electron chi connectivity index (χ2n) is 5.64. The summed E-state index contributed by atoms with van der Waals surface area (Å²) in [5.41, 5.74) is 3.46. The van der Waals surface area contributed by atoms with Crippen molar-refractivity contribution in [1.82, 2.24) is 11.0 Å². The summed E-state index contributed by atoms with van der Waals surface area (Å²) < 4.78 is 0. The molecule has 0 aromatic rings. The molecule has 0 bridgehead atoms. The first kappa shape index (κ1) is 19.4. The Hall–Kier alpha value is -0.610. The van der Waals surface area contributed by atoms with Crippen LogP contribution >= 0.6 is 0 Å². The van der Waals surface area contributed by atoms with Crippen LogP contribution in [0.3, 0.4) is 0 Å². The maximum Gasteiger partial charge on any atom is 0.233 e. The Balaban J connectivity index is 3.01. The highest BCUT2D eigenvalue weighted by Gasteiger charge is 1.98. The predicted octanol–water partition coefficient (Wildman–Crippen LogP) is 4.59. The summed E-state index contributed by atoms with van der Waals surface area (Å²) in [6.45, 7) is 2.26. The molecular formula is C16H33N2O2-. The molecule has 0 fully saturated rings. The fraction of sp³-hybridized carbons (Fsp3) is 0.938. The molecule has 4 nitrogen and oxygen atoms in total. The minimum absolute atomic E-state index is 0.205. The molecule has 0 atom stereocenters. The maximum absolute atomic E-state index is 11.0. The van der Waals surface area contributed by atoms with Crippen molar-refractivity contribution < 1.29 is 4.79 Å². The maximum atomic E-state index is 11.0. The molecule has 0 saturated heterocycles. The van der Waals surface area contributed by atoms with Crippen LogP contribution in [-0.4, -0.2) is 5.91 Å². The second kappa shape index (κ2) is 16.4. The van der Waals surface area contributed by atoms with E-state index in [1.165, 1.54) is 76.2 Å². The van der Waals surface area contributed by atoms with E-state index in [4.69, 9.17) is 0 Å². The van der Waals surface area contributed by atoms with E-state index < -0.39 is 0 Å². The summed E-state index contributed by atoms with van der Waals surface area (Å²) in [7, 11) is 0. The third kappa shape index (κ3) is 15.4. The zero-order valence-corrected chi connectivity index (χ0v) is 13.2. The van der Waals surface area contributed by atoms with Crippen LogP contribution in [-0.2, 0) is 4.79 Å². The summed E-state index contributed by atoms with van der Waals surface area (Å²) in [5.74, 6) is -0.205. The van der Waals surface area contributed by atoms with E-state index in [2.05, 4.69) is 6.92 Å². The van der Waals surface area contributed by atoms with Crippen LogP contribution in [0.25, 0.3) is 0 Å². The van der Waals surface area contributed by atoms with Gasteiger partial charge in [0.1, 0.15) is 0 Å². The molecule has 0 heterocycles. The summed E-state index contributed by atoms with van der Waals surface area (Å²) in [6.07, 6.45) is 17.3. The molecule has 0 aromatic heterocycles. The molecule has 2 N–H and O–H groups in total. The zero-order chi connectivity index (χ0) is 14.9. The lowest BCUT2D eigenvalue weighted by Crippen LogP contribution is -2.32. The van der Waals surface area contributed by atoms with Crippen LogP contribution in [0.15, 0.2) is 0 Å². The van der Waals surface area contributed by atoms with Crippen LogP contribution < -0.4 is 11.0 Å². The normalized spacial score (nSPS) is 10.7. The zero-order valence-electron chi connectivity index (χ0n) is 13.2. The Morgan fingerprint density at radius 2 is 1.15 bits per heavy atom. The van der Waals surface area contributed by atoms with Crippen LogP contribution in [0.2, 0.25) is 0 Å². The SMILES string of the molecule is CCCCCCCCCCCCCCCC(=O)NN[O-]. The van der Waals surface area contributed by atoms with Gasteiger partial charge in [-0.05, 0) is 6.42 Å². The van der Waals surface area contributed by atoms with Gasteiger partial charge in [-0.1, -0.05) is 84.0 Å². The fourth-order valence-corrected chi connectivity index (χ4v) is 2.42. The van der Waals surface area contributed by atoms with Gasteiger partial charge in [-0.25, -0.2) is 0 Å². The standard InChI is InChI=1S/C16H33N2O2/c1-2-3-4-5-6-7-8-9-10-11-12-13-14-15-16(19)17-18-20/h18H,2-15H2,1H3,(H,17,19)/q-1. The smallest absolute Gasteiger partial charge is 0.233 e. The van der Waals surface area contributed by atoms with Crippen LogP contribution in [0.1, 0.15) is 96.8 Å². The van der Waals surface area contributed by atoms with Gasteiger partial charge < -0.3 is 16.2 Å². The first-order chi connectivity index (χ1) is 9.81. The molecule has 0 radical (unpaired) electrons. The minimum atomic E-state index is -0.205. The Bertz CT molecular complexity index is 211. The number of amides is 1. The Morgan fingerprint density at radius 3 is 1.55 bits per heavy atom. The van der Waals surface area contributed by atoms with E-state index in [0.717, 1.165) is 12.8 Å². The van der Waals surface area contributed by atoms with E-state index in [0.29, 0.717) is 6.42 Å². The van der Waals surface area contributed by atoms with Gasteiger partial charge in [0, 0.05) is 6.42 Å². The van der Waals surface area contributed by atoms with Crippen LogP contribution in [0, 0.1) is 5.21 Å². The third-order valence-electron chi connectivity index (χ3n) is 3.70. The van der Waals surface area contributed by atoms with E-state index in [-0.39, 0.29) is 5.91 Å². The lowest BCUT2D eigenvalue weighted by molar-refractivity contribution is -0.121. The number of hydrogen-bond acceptors (Lipinski definition) is 3. The van der Waals surface area contributed by atoms with Gasteiger partial charge in [-0.3, -0.25) is 4.79 Å². The predicted molar refractivity (Wildman–Crippen MR) is 85.0 cm³/mol. The highest BCUT2D eigenvalue weighted by atomic mass is 16.5. The van der Waals surface area contributed by atoms with Crippen LogP contribution in [0.4, 0.5) is 0 Å². The molecule has 0 aliphatic heterocycles. The minimum Gasteiger partial charge on any atom is -0.770 e. The molecule has 0 saturated carbocycles. The topological polar surface area (TPSA) is 64.2 Å². The second-order valence-corrected chi connectivity index (χ2v) is 5.64. The van der Waals surface area contributed by atoms with E-state index in [9.17, 15) is 10.0 Å². The van der Waals surface area contributed by atoms with Gasteiger partial charge in [-0.15, -0.1) is 0 Å². The van der Waals surface area contributed by atoms with Crippen molar-refractivity contribution in [2.75, 3.05) is 0 Å². The number of unbranched alkanes of at least 4 members (excludes halogenated alkanes) is 12. The fourth-order valence-electron chi connectivity index (χ4n) is 2.42. The molecule has 120 valence electrons. The lowest BCUT2D eigenvalue weighted by atomic mass is 10.0. The molecule has 0 spiro atoms. The number of hydrogen-bond donors (Lipinski definition) is 2. The van der Waals surface area contributed by atoms with Crippen molar-refractivity contribution in [2.24, 2.45) is 0 Å². The highest BCUT2D eigenvalue weighted by Crippen LogP contribution is 2.12. The molecule has 1 amide bonds. The van der Waals surface area contributed by atoms with Gasteiger partial charge in [-0.2, -0.15) is 0 Å². The molecular weight excluding hydrogens is 252 g/mol. The largest absolute Gasteiger partial charge is 0.770 e. The number of carbonyl (C=O) groups excluding carboxylic acids is 1. The van der Waals surface area contributed by atoms with Gasteiger partial charge in [0.05, 0.1) is 0 Å². The van der Waals surface area contributed by atoms with Crippen molar-refractivity contribution in [1.29, 1.82) is 0 Å². The first-order valence-electron chi connectivity index (χ1n) is 8.47. The monoisotopic (exact) mass is 285 g/mol. The van der Waals surface area contributed by atoms with Gasteiger partial charge in [0.25, 0.3) is 0 Å². The first-order valence-corrected chi connectivity index (χ1v) is 8.47. The number of rotatable bonds is 15. The molecule has 0 rings (SSSR count). The number of nitrogens with one attached hydrogen (secondary N) is 2. The molecule has 0 aromatic carbocycles. The molecule has 4 heteroatoms. The molecule has 0 unspecified atom stereocenters. The van der Waals surface area contributed by atoms with Crippen molar-refractivity contribution in [2.45, 2.75) is 96.8 Å². The summed E-state index contributed by atoms with van der Waals surface area (Å²) >= 11 is 0. The Labute approximate surface area is 124 Å². The van der Waals surface area contributed by atoms with Crippen molar-refractivity contribution in [3.05, 3.63) is 5.21 Å². The van der Waals surface area contributed by atoms with Crippen molar-refractivity contribution in [3.8, 4) is 0 Å². The molecule has 20 heavy (non-hydrogen) atoms. The molecule has 0 aliphatic carbocycles. The third-order valence-corrected chi connectivity index (χ3v) is 3.70. The van der Waals surface area contributed by atoms with E-state index >= 15 is 0 Å². The average Bonchev–Trinajstić information content (AvgIpc) is 2.44. The van der Waals surface area contributed by atoms with E-state index in [1.54, 1.807) is 0 Å². The lowest BCUT2D eigenvalue weighted by Gasteiger charge is -2.08. The van der Waals surface area contributed by atoms with Gasteiger partial charge in [0.2, 0.25) is 5.91 Å². The number of carbonyl (C=O) groups is 1. The highest BCUT2D eigenvalue weighted by molar-refractivity contribution is 5.75. The van der Waals surface area contributed by atoms with Gasteiger partial charge >= 0.3 is 0 Å². The van der Waals surface area contributed by atoms with Crippen LogP contribution in [0.5, 0.6) is 0 Å². The van der Waals surface area contributed by atoms with Crippen molar-refractivity contribution >= 4 is 5.91 Å². The Kier molecular flexibility index (Phi) is 15.9. The van der Waals surface area contributed by atoms with Gasteiger partial charge in [0.15, 0.2) is 0 Å². The van der Waals surface area contributed by atoms with E-state index in [1.807, 2.05) is 5.43 Å². The van der Waals surface area contributed by atoms with Crippen molar-refractivity contribution in [3.63, 3.8) is 0 Å². The molecule has 0 aliphatic rings.